The minimum absolute atomic E-state index is 0.220. The molecule has 0 radical (unpaired) electrons. The summed E-state index contributed by atoms with van der Waals surface area (Å²) in [4.78, 5) is 4.21. The molecule has 2 aromatic carbocycles. The lowest BCUT2D eigenvalue weighted by Gasteiger charge is -2.06. The highest BCUT2D eigenvalue weighted by Gasteiger charge is 2.00. The maximum atomic E-state index is 13.4. The molecule has 0 fully saturated rings. The van der Waals surface area contributed by atoms with E-state index in [1.165, 1.54) is 6.07 Å². The molecule has 0 bridgehead atoms. The van der Waals surface area contributed by atoms with Gasteiger partial charge in [0.25, 0.3) is 0 Å². The van der Waals surface area contributed by atoms with E-state index in [-0.39, 0.29) is 5.82 Å². The van der Waals surface area contributed by atoms with Crippen LogP contribution in [-0.2, 0) is 6.54 Å². The van der Waals surface area contributed by atoms with E-state index in [1.807, 2.05) is 37.3 Å². The number of benzene rings is 2. The van der Waals surface area contributed by atoms with Crippen molar-refractivity contribution in [3.63, 3.8) is 0 Å². The zero-order valence-electron chi connectivity index (χ0n) is 11.7. The molecule has 3 N–H and O–H groups in total. The van der Waals surface area contributed by atoms with Crippen LogP contribution < -0.4 is 11.1 Å². The fourth-order valence-electron chi connectivity index (χ4n) is 1.82. The minimum Gasteiger partial charge on any atom is -0.370 e. The van der Waals surface area contributed by atoms with Crippen molar-refractivity contribution in [2.24, 2.45) is 10.7 Å². The highest BCUT2D eigenvalue weighted by molar-refractivity contribution is 5.92. The molecule has 20 heavy (non-hydrogen) atoms. The summed E-state index contributed by atoms with van der Waals surface area (Å²) < 4.78 is 13.4. The summed E-state index contributed by atoms with van der Waals surface area (Å²) in [5.74, 6) is 0.0968. The Balaban J connectivity index is 2.02. The van der Waals surface area contributed by atoms with Crippen LogP contribution in [0.2, 0.25) is 0 Å². The number of nitrogens with one attached hydrogen (secondary N) is 1. The summed E-state index contributed by atoms with van der Waals surface area (Å²) in [5.41, 5.74) is 9.27. The van der Waals surface area contributed by atoms with Gasteiger partial charge in [-0.05, 0) is 48.7 Å². The molecule has 0 aliphatic heterocycles. The van der Waals surface area contributed by atoms with Crippen molar-refractivity contribution in [1.82, 2.24) is 0 Å². The summed E-state index contributed by atoms with van der Waals surface area (Å²) in [6.45, 7) is 4.09. The monoisotopic (exact) mass is 271 g/mol. The van der Waals surface area contributed by atoms with Gasteiger partial charge in [0.2, 0.25) is 0 Å². The van der Waals surface area contributed by atoms with E-state index < -0.39 is 0 Å². The normalized spacial score (nSPS) is 11.4. The standard InChI is InChI=1S/C16H18FN3/c1-11-4-3-5-14(8-11)20-16(18)19-10-13-7-6-12(2)15(17)9-13/h3-9H,10H2,1-2H3,(H3,18,19,20). The molecule has 4 heteroatoms. The van der Waals surface area contributed by atoms with Crippen LogP contribution in [0.5, 0.6) is 0 Å². The van der Waals surface area contributed by atoms with Crippen LogP contribution in [0.4, 0.5) is 10.1 Å². The Kier molecular flexibility index (Phi) is 4.35. The largest absolute Gasteiger partial charge is 0.370 e. The van der Waals surface area contributed by atoms with Crippen LogP contribution >= 0.6 is 0 Å². The Morgan fingerprint density at radius 3 is 2.70 bits per heavy atom. The summed E-state index contributed by atoms with van der Waals surface area (Å²) in [7, 11) is 0. The highest BCUT2D eigenvalue weighted by Crippen LogP contribution is 2.11. The lowest BCUT2D eigenvalue weighted by molar-refractivity contribution is 0.616. The van der Waals surface area contributed by atoms with Gasteiger partial charge in [-0.3, -0.25) is 0 Å². The van der Waals surface area contributed by atoms with Gasteiger partial charge < -0.3 is 11.1 Å². The third-order valence-electron chi connectivity index (χ3n) is 2.96. The first-order valence-electron chi connectivity index (χ1n) is 6.43. The van der Waals surface area contributed by atoms with Crippen LogP contribution in [0.3, 0.4) is 0 Å². The highest BCUT2D eigenvalue weighted by atomic mass is 19.1. The zero-order valence-corrected chi connectivity index (χ0v) is 11.7. The number of anilines is 1. The predicted molar refractivity (Wildman–Crippen MR) is 81.3 cm³/mol. The second-order valence-corrected chi connectivity index (χ2v) is 4.78. The van der Waals surface area contributed by atoms with Gasteiger partial charge in [-0.1, -0.05) is 24.3 Å². The first-order chi connectivity index (χ1) is 9.54. The molecular formula is C16H18FN3. The number of nitrogens with zero attached hydrogens (tertiary/aromatic N) is 1. The van der Waals surface area contributed by atoms with Gasteiger partial charge in [0.05, 0.1) is 6.54 Å². The SMILES string of the molecule is Cc1cccc(NC(N)=NCc2ccc(C)c(F)c2)c1. The molecule has 0 heterocycles. The third kappa shape index (κ3) is 3.82. The van der Waals surface area contributed by atoms with Gasteiger partial charge in [0, 0.05) is 5.69 Å². The summed E-state index contributed by atoms with van der Waals surface area (Å²) >= 11 is 0. The quantitative estimate of drug-likeness (QED) is 0.664. The summed E-state index contributed by atoms with van der Waals surface area (Å²) in [6, 6.07) is 12.9. The number of rotatable bonds is 3. The number of hydrogen-bond acceptors (Lipinski definition) is 1. The molecule has 0 aliphatic rings. The van der Waals surface area contributed by atoms with Gasteiger partial charge in [-0.2, -0.15) is 0 Å². The van der Waals surface area contributed by atoms with Gasteiger partial charge in [-0.25, -0.2) is 9.38 Å². The van der Waals surface area contributed by atoms with Crippen LogP contribution in [0.15, 0.2) is 47.5 Å². The van der Waals surface area contributed by atoms with Crippen LogP contribution in [0, 0.1) is 19.7 Å². The molecule has 2 rings (SSSR count). The van der Waals surface area contributed by atoms with E-state index in [0.717, 1.165) is 16.8 Å². The van der Waals surface area contributed by atoms with Crippen molar-refractivity contribution in [2.45, 2.75) is 20.4 Å². The van der Waals surface area contributed by atoms with Crippen molar-refractivity contribution in [3.05, 3.63) is 65.0 Å². The van der Waals surface area contributed by atoms with E-state index in [1.54, 1.807) is 13.0 Å². The molecule has 0 atom stereocenters. The van der Waals surface area contributed by atoms with E-state index in [4.69, 9.17) is 5.73 Å². The van der Waals surface area contributed by atoms with Crippen LogP contribution in [0.1, 0.15) is 16.7 Å². The van der Waals surface area contributed by atoms with Crippen LogP contribution in [0.25, 0.3) is 0 Å². The Morgan fingerprint density at radius 1 is 1.20 bits per heavy atom. The van der Waals surface area contributed by atoms with Crippen molar-refractivity contribution in [1.29, 1.82) is 0 Å². The molecule has 0 aliphatic carbocycles. The molecule has 0 aromatic heterocycles. The van der Waals surface area contributed by atoms with E-state index in [0.29, 0.717) is 18.1 Å². The number of aryl methyl sites for hydroxylation is 2. The van der Waals surface area contributed by atoms with E-state index in [2.05, 4.69) is 10.3 Å². The lowest BCUT2D eigenvalue weighted by Crippen LogP contribution is -2.22. The van der Waals surface area contributed by atoms with Crippen molar-refractivity contribution >= 4 is 11.6 Å². The Hall–Kier alpha value is -2.36. The molecule has 2 aromatic rings. The maximum absolute atomic E-state index is 13.4. The Labute approximate surface area is 118 Å². The summed E-state index contributed by atoms with van der Waals surface area (Å²) in [5, 5.41) is 3.01. The number of aliphatic imine (C=N–C) groups is 1. The average molecular weight is 271 g/mol. The maximum Gasteiger partial charge on any atom is 0.193 e. The van der Waals surface area contributed by atoms with Crippen molar-refractivity contribution < 1.29 is 4.39 Å². The molecular weight excluding hydrogens is 253 g/mol. The molecule has 3 nitrogen and oxygen atoms in total. The topological polar surface area (TPSA) is 50.4 Å². The van der Waals surface area contributed by atoms with Gasteiger partial charge >= 0.3 is 0 Å². The number of nitrogens with two attached hydrogens (primary N) is 1. The Morgan fingerprint density at radius 2 is 2.00 bits per heavy atom. The molecule has 0 saturated carbocycles. The van der Waals surface area contributed by atoms with Gasteiger partial charge in [0.15, 0.2) is 5.96 Å². The molecule has 0 saturated heterocycles. The van der Waals surface area contributed by atoms with Gasteiger partial charge in [-0.15, -0.1) is 0 Å². The second kappa shape index (κ2) is 6.19. The smallest absolute Gasteiger partial charge is 0.193 e. The predicted octanol–water partition coefficient (Wildman–Crippen LogP) is 3.37. The second-order valence-electron chi connectivity index (χ2n) is 4.78. The first-order valence-corrected chi connectivity index (χ1v) is 6.43. The van der Waals surface area contributed by atoms with Crippen molar-refractivity contribution in [2.75, 3.05) is 5.32 Å². The third-order valence-corrected chi connectivity index (χ3v) is 2.96. The Bertz CT molecular complexity index is 635. The van der Waals surface area contributed by atoms with Crippen molar-refractivity contribution in [3.8, 4) is 0 Å². The number of hydrogen-bond donors (Lipinski definition) is 2. The first kappa shape index (κ1) is 14.1. The van der Waals surface area contributed by atoms with Crippen LogP contribution in [-0.4, -0.2) is 5.96 Å². The molecule has 104 valence electrons. The zero-order chi connectivity index (χ0) is 14.5. The molecule has 0 spiro atoms. The lowest BCUT2D eigenvalue weighted by atomic mass is 10.1. The summed E-state index contributed by atoms with van der Waals surface area (Å²) in [6.07, 6.45) is 0. The van der Waals surface area contributed by atoms with E-state index in [9.17, 15) is 4.39 Å². The fraction of sp³-hybridized carbons (Fsp3) is 0.188. The van der Waals surface area contributed by atoms with E-state index >= 15 is 0 Å². The number of halogens is 1. The minimum atomic E-state index is -0.220. The molecule has 0 unspecified atom stereocenters. The number of guanidine groups is 1. The fourth-order valence-corrected chi connectivity index (χ4v) is 1.82. The van der Waals surface area contributed by atoms with Gasteiger partial charge in [0.1, 0.15) is 5.82 Å². The average Bonchev–Trinajstić information content (AvgIpc) is 2.40. The molecule has 0 amide bonds.